The first kappa shape index (κ1) is 11.6. The van der Waals surface area contributed by atoms with Crippen molar-refractivity contribution in [3.8, 4) is 0 Å². The number of carboxylic acids is 1. The zero-order valence-electron chi connectivity index (χ0n) is 8.19. The summed E-state index contributed by atoms with van der Waals surface area (Å²) in [4.78, 5) is 22.1. The van der Waals surface area contributed by atoms with E-state index in [9.17, 15) is 9.59 Å². The fourth-order valence-electron chi connectivity index (χ4n) is 1.04. The van der Waals surface area contributed by atoms with E-state index in [0.29, 0.717) is 0 Å². The number of amides is 1. The number of carbonyl (C=O) groups excluding carboxylic acids is 1. The van der Waals surface area contributed by atoms with Gasteiger partial charge in [0.05, 0.1) is 11.3 Å². The number of hydrogen-bond acceptors (Lipinski definition) is 3. The quantitative estimate of drug-likeness (QED) is 0.756. The second-order valence-corrected chi connectivity index (χ2v) is 4.06. The van der Waals surface area contributed by atoms with Crippen molar-refractivity contribution < 1.29 is 14.7 Å². The summed E-state index contributed by atoms with van der Waals surface area (Å²) in [6.07, 6.45) is 0. The van der Waals surface area contributed by atoms with Crippen LogP contribution >= 0.6 is 11.8 Å². The lowest BCUT2D eigenvalue weighted by atomic mass is 10.1. The van der Waals surface area contributed by atoms with Crippen LogP contribution in [0.1, 0.15) is 15.9 Å². The number of nitrogens with two attached hydrogens (primary N) is 1. The van der Waals surface area contributed by atoms with Crippen molar-refractivity contribution >= 4 is 23.6 Å². The highest BCUT2D eigenvalue weighted by molar-refractivity contribution is 8.00. The van der Waals surface area contributed by atoms with Gasteiger partial charge < -0.3 is 10.8 Å². The standard InChI is InChI=1S/C10H11NO3S/c1-6-2-3-7(10(13)14)4-8(6)15-5-9(11)12/h2-4H,5H2,1H3,(H2,11,12)(H,13,14). The highest BCUT2D eigenvalue weighted by Gasteiger charge is 2.07. The average molecular weight is 225 g/mol. The summed E-state index contributed by atoms with van der Waals surface area (Å²) in [5.41, 5.74) is 6.16. The van der Waals surface area contributed by atoms with Crippen LogP contribution in [-0.4, -0.2) is 22.7 Å². The van der Waals surface area contributed by atoms with E-state index in [1.165, 1.54) is 17.8 Å². The molecule has 3 N–H and O–H groups in total. The van der Waals surface area contributed by atoms with Crippen LogP contribution in [0.2, 0.25) is 0 Å². The second kappa shape index (κ2) is 4.84. The Morgan fingerprint density at radius 2 is 2.13 bits per heavy atom. The molecule has 0 saturated carbocycles. The lowest BCUT2D eigenvalue weighted by molar-refractivity contribution is -0.115. The van der Waals surface area contributed by atoms with Gasteiger partial charge in [0.2, 0.25) is 5.91 Å². The van der Waals surface area contributed by atoms with Crippen molar-refractivity contribution in [1.29, 1.82) is 0 Å². The first-order valence-electron chi connectivity index (χ1n) is 4.25. The largest absolute Gasteiger partial charge is 0.478 e. The molecule has 1 rings (SSSR count). The average Bonchev–Trinajstić information content (AvgIpc) is 2.16. The Morgan fingerprint density at radius 3 is 2.67 bits per heavy atom. The van der Waals surface area contributed by atoms with Crippen molar-refractivity contribution in [3.05, 3.63) is 29.3 Å². The molecule has 1 amide bonds. The number of carboxylic acid groups (broad SMARTS) is 1. The van der Waals surface area contributed by atoms with Crippen LogP contribution in [0.15, 0.2) is 23.1 Å². The number of aromatic carboxylic acids is 1. The van der Waals surface area contributed by atoms with Crippen molar-refractivity contribution in [2.75, 3.05) is 5.75 Å². The Kier molecular flexibility index (Phi) is 3.74. The molecule has 0 aliphatic rings. The van der Waals surface area contributed by atoms with Gasteiger partial charge in [0.1, 0.15) is 0 Å². The van der Waals surface area contributed by atoms with E-state index >= 15 is 0 Å². The minimum atomic E-state index is -0.976. The van der Waals surface area contributed by atoms with Crippen LogP contribution in [0, 0.1) is 6.92 Å². The van der Waals surface area contributed by atoms with E-state index in [4.69, 9.17) is 10.8 Å². The van der Waals surface area contributed by atoms with Gasteiger partial charge in [-0.2, -0.15) is 0 Å². The SMILES string of the molecule is Cc1ccc(C(=O)O)cc1SCC(N)=O. The van der Waals surface area contributed by atoms with Crippen LogP contribution < -0.4 is 5.73 Å². The molecule has 15 heavy (non-hydrogen) atoms. The van der Waals surface area contributed by atoms with Crippen LogP contribution in [0.25, 0.3) is 0 Å². The van der Waals surface area contributed by atoms with E-state index < -0.39 is 11.9 Å². The molecule has 0 radical (unpaired) electrons. The number of aryl methyl sites for hydroxylation is 1. The van der Waals surface area contributed by atoms with Crippen LogP contribution in [0.3, 0.4) is 0 Å². The Morgan fingerprint density at radius 1 is 1.47 bits per heavy atom. The van der Waals surface area contributed by atoms with Gasteiger partial charge >= 0.3 is 5.97 Å². The summed E-state index contributed by atoms with van der Waals surface area (Å²) in [5, 5.41) is 8.78. The molecule has 5 heteroatoms. The van der Waals surface area contributed by atoms with Gasteiger partial charge in [-0.25, -0.2) is 4.79 Å². The summed E-state index contributed by atoms with van der Waals surface area (Å²) in [7, 11) is 0. The molecule has 0 unspecified atom stereocenters. The molecule has 1 aromatic carbocycles. The van der Waals surface area contributed by atoms with Gasteiger partial charge in [-0.15, -0.1) is 11.8 Å². The second-order valence-electron chi connectivity index (χ2n) is 3.04. The predicted molar refractivity (Wildman–Crippen MR) is 58.1 cm³/mol. The topological polar surface area (TPSA) is 80.4 Å². The molecule has 0 atom stereocenters. The number of hydrogen-bond donors (Lipinski definition) is 2. The third-order valence-electron chi connectivity index (χ3n) is 1.81. The molecule has 0 bridgehead atoms. The van der Waals surface area contributed by atoms with Gasteiger partial charge in [-0.1, -0.05) is 6.07 Å². The summed E-state index contributed by atoms with van der Waals surface area (Å²) in [6, 6.07) is 4.80. The maximum absolute atomic E-state index is 10.7. The summed E-state index contributed by atoms with van der Waals surface area (Å²) < 4.78 is 0. The minimum absolute atomic E-state index is 0.157. The van der Waals surface area contributed by atoms with Gasteiger partial charge in [0, 0.05) is 4.90 Å². The van der Waals surface area contributed by atoms with E-state index in [0.717, 1.165) is 10.5 Å². The molecule has 0 heterocycles. The van der Waals surface area contributed by atoms with E-state index in [-0.39, 0.29) is 11.3 Å². The Hall–Kier alpha value is -1.49. The maximum atomic E-state index is 10.7. The molecular formula is C10H11NO3S. The van der Waals surface area contributed by atoms with Crippen molar-refractivity contribution in [2.45, 2.75) is 11.8 Å². The van der Waals surface area contributed by atoms with Crippen LogP contribution in [0.5, 0.6) is 0 Å². The lowest BCUT2D eigenvalue weighted by Gasteiger charge is -2.05. The number of carbonyl (C=O) groups is 2. The van der Waals surface area contributed by atoms with E-state index in [1.54, 1.807) is 12.1 Å². The maximum Gasteiger partial charge on any atom is 0.335 e. The lowest BCUT2D eigenvalue weighted by Crippen LogP contribution is -2.13. The van der Waals surface area contributed by atoms with Crippen LogP contribution in [0.4, 0.5) is 0 Å². The molecule has 4 nitrogen and oxygen atoms in total. The van der Waals surface area contributed by atoms with Crippen LogP contribution in [-0.2, 0) is 4.79 Å². The Labute approximate surface area is 91.5 Å². The predicted octanol–water partition coefficient (Wildman–Crippen LogP) is 1.27. The molecule has 0 fully saturated rings. The number of rotatable bonds is 4. The third kappa shape index (κ3) is 3.28. The fraction of sp³-hybridized carbons (Fsp3) is 0.200. The zero-order chi connectivity index (χ0) is 11.4. The summed E-state index contributed by atoms with van der Waals surface area (Å²) in [6.45, 7) is 1.86. The molecule has 0 aromatic heterocycles. The van der Waals surface area contributed by atoms with E-state index in [2.05, 4.69) is 0 Å². The normalized spacial score (nSPS) is 9.93. The number of primary amides is 1. The van der Waals surface area contributed by atoms with Gasteiger partial charge in [0.25, 0.3) is 0 Å². The molecule has 0 aliphatic carbocycles. The smallest absolute Gasteiger partial charge is 0.335 e. The molecule has 0 aliphatic heterocycles. The van der Waals surface area contributed by atoms with Crippen molar-refractivity contribution in [3.63, 3.8) is 0 Å². The molecular weight excluding hydrogens is 214 g/mol. The molecule has 0 spiro atoms. The van der Waals surface area contributed by atoms with Gasteiger partial charge in [-0.3, -0.25) is 4.79 Å². The first-order valence-corrected chi connectivity index (χ1v) is 5.24. The number of benzene rings is 1. The highest BCUT2D eigenvalue weighted by atomic mass is 32.2. The summed E-state index contributed by atoms with van der Waals surface area (Å²) in [5.74, 6) is -1.24. The number of thioether (sulfide) groups is 1. The molecule has 80 valence electrons. The molecule has 0 saturated heterocycles. The van der Waals surface area contributed by atoms with Crippen molar-refractivity contribution in [1.82, 2.24) is 0 Å². The monoisotopic (exact) mass is 225 g/mol. The fourth-order valence-corrected chi connectivity index (χ4v) is 1.84. The first-order chi connectivity index (χ1) is 7.00. The van der Waals surface area contributed by atoms with Gasteiger partial charge in [0.15, 0.2) is 0 Å². The molecule has 1 aromatic rings. The van der Waals surface area contributed by atoms with Gasteiger partial charge in [-0.05, 0) is 24.6 Å². The third-order valence-corrected chi connectivity index (χ3v) is 2.98. The minimum Gasteiger partial charge on any atom is -0.478 e. The van der Waals surface area contributed by atoms with E-state index in [1.807, 2.05) is 6.92 Å². The zero-order valence-corrected chi connectivity index (χ0v) is 9.00. The Bertz CT molecular complexity index is 404. The Balaban J connectivity index is 2.90. The summed E-state index contributed by atoms with van der Waals surface area (Å²) >= 11 is 1.25. The highest BCUT2D eigenvalue weighted by Crippen LogP contribution is 2.23. The van der Waals surface area contributed by atoms with Crippen molar-refractivity contribution in [2.24, 2.45) is 5.73 Å².